The molecule has 1 aromatic heterocycles. The fraction of sp³-hybridized carbons (Fsp3) is 0.214. The van der Waals surface area contributed by atoms with Gasteiger partial charge in [-0.1, -0.05) is 6.07 Å². The van der Waals surface area contributed by atoms with Gasteiger partial charge in [0.1, 0.15) is 11.5 Å². The molecule has 98 valence electrons. The minimum Gasteiger partial charge on any atom is -0.372 e. The van der Waals surface area contributed by atoms with Gasteiger partial charge in [-0.25, -0.2) is 9.97 Å². The number of rotatable bonds is 3. The third-order valence-electron chi connectivity index (χ3n) is 2.62. The maximum absolute atomic E-state index is 12.0. The molecule has 5 nitrogen and oxygen atoms in total. The average molecular weight is 256 g/mol. The van der Waals surface area contributed by atoms with Crippen LogP contribution in [0.25, 0.3) is 0 Å². The molecule has 1 heterocycles. The number of amides is 1. The van der Waals surface area contributed by atoms with E-state index >= 15 is 0 Å². The maximum atomic E-state index is 12.0. The van der Waals surface area contributed by atoms with E-state index in [9.17, 15) is 4.79 Å². The summed E-state index contributed by atoms with van der Waals surface area (Å²) in [4.78, 5) is 20.1. The second-order valence-electron chi connectivity index (χ2n) is 4.37. The number of hydrogen-bond acceptors (Lipinski definition) is 4. The van der Waals surface area contributed by atoms with Crippen LogP contribution in [0.15, 0.2) is 30.6 Å². The number of nitrogens with zero attached hydrogens (tertiary/aromatic N) is 2. The Morgan fingerprint density at radius 3 is 2.26 bits per heavy atom. The smallest absolute Gasteiger partial charge is 0.275 e. The number of aryl methyl sites for hydroxylation is 2. The van der Waals surface area contributed by atoms with Gasteiger partial charge in [-0.2, -0.15) is 0 Å². The van der Waals surface area contributed by atoms with Crippen LogP contribution in [0.1, 0.15) is 21.6 Å². The van der Waals surface area contributed by atoms with Crippen molar-refractivity contribution in [1.29, 1.82) is 0 Å². The van der Waals surface area contributed by atoms with Gasteiger partial charge in [0.2, 0.25) is 0 Å². The van der Waals surface area contributed by atoms with Crippen LogP contribution >= 0.6 is 0 Å². The highest BCUT2D eigenvalue weighted by atomic mass is 16.1. The summed E-state index contributed by atoms with van der Waals surface area (Å²) < 4.78 is 0. The van der Waals surface area contributed by atoms with Crippen molar-refractivity contribution in [2.75, 3.05) is 17.7 Å². The first-order valence-electron chi connectivity index (χ1n) is 5.98. The van der Waals surface area contributed by atoms with Gasteiger partial charge >= 0.3 is 0 Å². The Bertz CT molecular complexity index is 573. The first kappa shape index (κ1) is 13.0. The summed E-state index contributed by atoms with van der Waals surface area (Å²) in [7, 11) is 1.75. The van der Waals surface area contributed by atoms with E-state index in [2.05, 4.69) is 26.7 Å². The molecule has 1 aromatic carbocycles. The number of nitrogens with one attached hydrogen (secondary N) is 2. The lowest BCUT2D eigenvalue weighted by Crippen LogP contribution is -2.14. The summed E-state index contributed by atoms with van der Waals surface area (Å²) >= 11 is 0. The van der Waals surface area contributed by atoms with Crippen LogP contribution in [0.2, 0.25) is 0 Å². The summed E-state index contributed by atoms with van der Waals surface area (Å²) in [6.07, 6.45) is 2.97. The van der Waals surface area contributed by atoms with Crippen LogP contribution in [-0.2, 0) is 0 Å². The lowest BCUT2D eigenvalue weighted by atomic mass is 10.1. The van der Waals surface area contributed by atoms with Crippen molar-refractivity contribution in [1.82, 2.24) is 9.97 Å². The Balaban J connectivity index is 2.15. The van der Waals surface area contributed by atoms with E-state index in [0.717, 1.165) is 16.8 Å². The molecule has 0 unspecified atom stereocenters. The van der Waals surface area contributed by atoms with Gasteiger partial charge in [0.25, 0.3) is 5.91 Å². The molecule has 19 heavy (non-hydrogen) atoms. The summed E-state index contributed by atoms with van der Waals surface area (Å²) in [5.74, 6) is 0.364. The number of benzene rings is 1. The van der Waals surface area contributed by atoms with Crippen molar-refractivity contribution in [3.63, 3.8) is 0 Å². The maximum Gasteiger partial charge on any atom is 0.275 e. The predicted molar refractivity (Wildman–Crippen MR) is 75.4 cm³/mol. The van der Waals surface area contributed by atoms with E-state index in [4.69, 9.17) is 0 Å². The largest absolute Gasteiger partial charge is 0.372 e. The highest BCUT2D eigenvalue weighted by molar-refractivity contribution is 6.02. The molecule has 5 heteroatoms. The zero-order chi connectivity index (χ0) is 13.8. The minimum absolute atomic E-state index is 0.264. The van der Waals surface area contributed by atoms with Crippen molar-refractivity contribution < 1.29 is 4.79 Å². The molecule has 0 radical (unpaired) electrons. The fourth-order valence-corrected chi connectivity index (χ4v) is 1.82. The Morgan fingerprint density at radius 1 is 1.05 bits per heavy atom. The highest BCUT2D eigenvalue weighted by Crippen LogP contribution is 2.14. The van der Waals surface area contributed by atoms with Gasteiger partial charge in [-0.3, -0.25) is 4.79 Å². The molecule has 1 amide bonds. The van der Waals surface area contributed by atoms with Crippen LogP contribution < -0.4 is 10.6 Å². The quantitative estimate of drug-likeness (QED) is 0.884. The molecule has 2 aromatic rings. The van der Waals surface area contributed by atoms with Crippen molar-refractivity contribution in [2.24, 2.45) is 0 Å². The molecule has 0 bridgehead atoms. The lowest BCUT2D eigenvalue weighted by Gasteiger charge is -2.07. The molecule has 2 N–H and O–H groups in total. The SMILES string of the molecule is CNc1cnc(C(=O)Nc2cc(C)cc(C)c2)cn1. The van der Waals surface area contributed by atoms with Gasteiger partial charge in [0.15, 0.2) is 0 Å². The van der Waals surface area contributed by atoms with Crippen LogP contribution in [0.4, 0.5) is 11.5 Å². The second-order valence-corrected chi connectivity index (χ2v) is 4.37. The van der Waals surface area contributed by atoms with E-state index in [1.807, 2.05) is 26.0 Å². The minimum atomic E-state index is -0.264. The molecule has 0 fully saturated rings. The predicted octanol–water partition coefficient (Wildman–Crippen LogP) is 2.39. The highest BCUT2D eigenvalue weighted by Gasteiger charge is 2.08. The zero-order valence-corrected chi connectivity index (χ0v) is 11.2. The average Bonchev–Trinajstić information content (AvgIpc) is 2.37. The van der Waals surface area contributed by atoms with E-state index in [-0.39, 0.29) is 11.6 Å². The molecule has 0 saturated heterocycles. The molecule has 0 spiro atoms. The lowest BCUT2D eigenvalue weighted by molar-refractivity contribution is 0.102. The van der Waals surface area contributed by atoms with Crippen LogP contribution in [-0.4, -0.2) is 22.9 Å². The molecule has 0 aliphatic heterocycles. The van der Waals surface area contributed by atoms with Gasteiger partial charge in [-0.15, -0.1) is 0 Å². The van der Waals surface area contributed by atoms with Crippen molar-refractivity contribution in [3.05, 3.63) is 47.4 Å². The Hall–Kier alpha value is -2.43. The van der Waals surface area contributed by atoms with E-state index in [0.29, 0.717) is 5.82 Å². The van der Waals surface area contributed by atoms with Crippen LogP contribution in [0.3, 0.4) is 0 Å². The number of aromatic nitrogens is 2. The van der Waals surface area contributed by atoms with Crippen molar-refractivity contribution >= 4 is 17.4 Å². The topological polar surface area (TPSA) is 66.9 Å². The van der Waals surface area contributed by atoms with E-state index in [1.165, 1.54) is 12.4 Å². The summed E-state index contributed by atoms with van der Waals surface area (Å²) in [5.41, 5.74) is 3.26. The monoisotopic (exact) mass is 256 g/mol. The third kappa shape index (κ3) is 3.28. The van der Waals surface area contributed by atoms with Crippen LogP contribution in [0.5, 0.6) is 0 Å². The normalized spacial score (nSPS) is 10.1. The number of carbonyl (C=O) groups excluding carboxylic acids is 1. The van der Waals surface area contributed by atoms with Crippen molar-refractivity contribution in [3.8, 4) is 0 Å². The van der Waals surface area contributed by atoms with E-state index < -0.39 is 0 Å². The standard InChI is InChI=1S/C14H16N4O/c1-9-4-10(2)6-11(5-9)18-14(19)12-7-17-13(15-3)8-16-12/h4-8H,1-3H3,(H,15,17)(H,18,19). The Kier molecular flexibility index (Phi) is 3.75. The summed E-state index contributed by atoms with van der Waals surface area (Å²) in [5, 5.41) is 5.67. The Labute approximate surface area is 112 Å². The third-order valence-corrected chi connectivity index (χ3v) is 2.62. The number of carbonyl (C=O) groups is 1. The van der Waals surface area contributed by atoms with Gasteiger partial charge < -0.3 is 10.6 Å². The van der Waals surface area contributed by atoms with E-state index in [1.54, 1.807) is 7.05 Å². The molecule has 0 atom stereocenters. The molecule has 0 aliphatic carbocycles. The Morgan fingerprint density at radius 2 is 1.74 bits per heavy atom. The van der Waals surface area contributed by atoms with Gasteiger partial charge in [-0.05, 0) is 37.1 Å². The molecule has 0 aliphatic rings. The van der Waals surface area contributed by atoms with Gasteiger partial charge in [0, 0.05) is 12.7 Å². The van der Waals surface area contributed by atoms with Gasteiger partial charge in [0.05, 0.1) is 12.4 Å². The number of anilines is 2. The molecule has 0 saturated carbocycles. The number of hydrogen-bond donors (Lipinski definition) is 2. The molecule has 2 rings (SSSR count). The fourth-order valence-electron chi connectivity index (χ4n) is 1.82. The second kappa shape index (κ2) is 5.48. The summed E-state index contributed by atoms with van der Waals surface area (Å²) in [6, 6.07) is 5.89. The molecular formula is C14H16N4O. The van der Waals surface area contributed by atoms with Crippen molar-refractivity contribution in [2.45, 2.75) is 13.8 Å². The van der Waals surface area contributed by atoms with Crippen LogP contribution in [0, 0.1) is 13.8 Å². The first-order chi connectivity index (χ1) is 9.08. The zero-order valence-electron chi connectivity index (χ0n) is 11.2. The first-order valence-corrected chi connectivity index (χ1v) is 5.98. The molecular weight excluding hydrogens is 240 g/mol. The summed E-state index contributed by atoms with van der Waals surface area (Å²) in [6.45, 7) is 3.98.